The van der Waals surface area contributed by atoms with Crippen LogP contribution in [0.1, 0.15) is 40.7 Å². The molecule has 3 aromatic carbocycles. The number of ether oxygens (including phenoxy) is 1. The van der Waals surface area contributed by atoms with E-state index >= 15 is 0 Å². The summed E-state index contributed by atoms with van der Waals surface area (Å²) >= 11 is 0. The summed E-state index contributed by atoms with van der Waals surface area (Å²) in [5.41, 5.74) is 7.54. The van der Waals surface area contributed by atoms with Crippen molar-refractivity contribution in [3.63, 3.8) is 0 Å². The highest BCUT2D eigenvalue weighted by Crippen LogP contribution is 2.27. The lowest BCUT2D eigenvalue weighted by Gasteiger charge is -2.18. The lowest BCUT2D eigenvalue weighted by atomic mass is 9.88. The third kappa shape index (κ3) is 5.69. The number of hydrazine groups is 1. The third-order valence-corrected chi connectivity index (χ3v) is 4.54. The van der Waals surface area contributed by atoms with Crippen LogP contribution in [0, 0.1) is 0 Å². The predicted molar refractivity (Wildman–Crippen MR) is 113 cm³/mol. The van der Waals surface area contributed by atoms with Gasteiger partial charge < -0.3 is 4.74 Å². The summed E-state index contributed by atoms with van der Waals surface area (Å²) in [5, 5.41) is 0. The maximum Gasteiger partial charge on any atom is 0.269 e. The molecule has 0 aromatic heterocycles. The van der Waals surface area contributed by atoms with Gasteiger partial charge in [0.25, 0.3) is 5.91 Å². The van der Waals surface area contributed by atoms with Gasteiger partial charge in [0.2, 0.25) is 5.91 Å². The molecular formula is C24H24N2O3. The topological polar surface area (TPSA) is 67.4 Å². The van der Waals surface area contributed by atoms with Crippen molar-refractivity contribution in [3.05, 3.63) is 102 Å². The van der Waals surface area contributed by atoms with E-state index < -0.39 is 0 Å². The van der Waals surface area contributed by atoms with Crippen LogP contribution < -0.4 is 15.6 Å². The number of carbonyl (C=O) groups excluding carboxylic acids is 2. The molecule has 3 aromatic rings. The van der Waals surface area contributed by atoms with Gasteiger partial charge in [0.15, 0.2) is 0 Å². The van der Waals surface area contributed by atoms with E-state index in [0.717, 1.165) is 11.1 Å². The fraction of sp³-hybridized carbons (Fsp3) is 0.167. The van der Waals surface area contributed by atoms with E-state index in [4.69, 9.17) is 4.74 Å². The molecule has 0 atom stereocenters. The van der Waals surface area contributed by atoms with Crippen LogP contribution in [0.3, 0.4) is 0 Å². The van der Waals surface area contributed by atoms with Crippen molar-refractivity contribution in [2.24, 2.45) is 0 Å². The molecule has 0 saturated heterocycles. The fourth-order valence-corrected chi connectivity index (χ4v) is 3.10. The van der Waals surface area contributed by atoms with Crippen LogP contribution in [0.2, 0.25) is 0 Å². The minimum atomic E-state index is -0.377. The van der Waals surface area contributed by atoms with Gasteiger partial charge in [-0.15, -0.1) is 0 Å². The molecule has 5 nitrogen and oxygen atoms in total. The number of benzene rings is 3. The Morgan fingerprint density at radius 2 is 1.34 bits per heavy atom. The molecular weight excluding hydrogens is 364 g/mol. The summed E-state index contributed by atoms with van der Waals surface area (Å²) in [4.78, 5) is 24.8. The Bertz CT molecular complexity index is 886. The zero-order valence-electron chi connectivity index (χ0n) is 16.3. The lowest BCUT2D eigenvalue weighted by molar-refractivity contribution is -0.122. The Labute approximate surface area is 170 Å². The van der Waals surface area contributed by atoms with Gasteiger partial charge in [0.1, 0.15) is 5.75 Å². The van der Waals surface area contributed by atoms with E-state index in [0.29, 0.717) is 17.9 Å². The summed E-state index contributed by atoms with van der Waals surface area (Å²) in [6, 6.07) is 26.5. The van der Waals surface area contributed by atoms with Gasteiger partial charge in [0, 0.05) is 17.9 Å². The predicted octanol–water partition coefficient (Wildman–Crippen LogP) is 4.07. The van der Waals surface area contributed by atoms with Gasteiger partial charge in [-0.05, 0) is 42.3 Å². The average molecular weight is 388 g/mol. The molecule has 2 amide bonds. The zero-order valence-corrected chi connectivity index (χ0v) is 16.3. The molecule has 2 N–H and O–H groups in total. The second-order valence-electron chi connectivity index (χ2n) is 6.54. The SMILES string of the molecule is CCOc1ccc(C(=O)NNC(=O)CC(c2ccccc2)c2ccccc2)cc1. The van der Waals surface area contributed by atoms with Gasteiger partial charge in [-0.25, -0.2) is 0 Å². The summed E-state index contributed by atoms with van der Waals surface area (Å²) in [5.74, 6) is -0.0409. The van der Waals surface area contributed by atoms with E-state index in [-0.39, 0.29) is 24.2 Å². The number of nitrogens with one attached hydrogen (secondary N) is 2. The van der Waals surface area contributed by atoms with Crippen LogP contribution in [-0.2, 0) is 4.79 Å². The quantitative estimate of drug-likeness (QED) is 0.600. The van der Waals surface area contributed by atoms with E-state index in [2.05, 4.69) is 10.9 Å². The standard InChI is InChI=1S/C24H24N2O3/c1-2-29-21-15-13-20(14-16-21)24(28)26-25-23(27)17-22(18-9-5-3-6-10-18)19-11-7-4-8-12-19/h3-16,22H,2,17H2,1H3,(H,25,27)(H,26,28). The molecule has 3 rings (SSSR count). The number of hydrogen-bond donors (Lipinski definition) is 2. The Hall–Kier alpha value is -3.60. The summed E-state index contributed by atoms with van der Waals surface area (Å²) < 4.78 is 5.37. The third-order valence-electron chi connectivity index (χ3n) is 4.54. The smallest absolute Gasteiger partial charge is 0.269 e. The largest absolute Gasteiger partial charge is 0.494 e. The van der Waals surface area contributed by atoms with Crippen LogP contribution in [-0.4, -0.2) is 18.4 Å². The molecule has 0 aliphatic heterocycles. The van der Waals surface area contributed by atoms with Gasteiger partial charge >= 0.3 is 0 Å². The van der Waals surface area contributed by atoms with Gasteiger partial charge in [-0.1, -0.05) is 60.7 Å². The maximum atomic E-state index is 12.5. The number of amides is 2. The van der Waals surface area contributed by atoms with E-state index in [1.54, 1.807) is 24.3 Å². The van der Waals surface area contributed by atoms with Gasteiger partial charge in [-0.2, -0.15) is 0 Å². The second kappa shape index (κ2) is 10.1. The second-order valence-corrected chi connectivity index (χ2v) is 6.54. The van der Waals surface area contributed by atoms with Gasteiger partial charge in [-0.3, -0.25) is 20.4 Å². The van der Waals surface area contributed by atoms with E-state index in [1.165, 1.54) is 0 Å². The molecule has 148 valence electrons. The van der Waals surface area contributed by atoms with Crippen molar-refractivity contribution in [2.75, 3.05) is 6.61 Å². The molecule has 0 heterocycles. The monoisotopic (exact) mass is 388 g/mol. The molecule has 0 fully saturated rings. The lowest BCUT2D eigenvalue weighted by Crippen LogP contribution is -2.42. The van der Waals surface area contributed by atoms with Crippen LogP contribution in [0.5, 0.6) is 5.75 Å². The van der Waals surface area contributed by atoms with Crippen molar-refractivity contribution in [1.82, 2.24) is 10.9 Å². The Balaban J connectivity index is 1.62. The van der Waals surface area contributed by atoms with Crippen molar-refractivity contribution >= 4 is 11.8 Å². The molecule has 0 saturated carbocycles. The van der Waals surface area contributed by atoms with E-state index in [1.807, 2.05) is 67.6 Å². The Morgan fingerprint density at radius 1 is 0.793 bits per heavy atom. The highest BCUT2D eigenvalue weighted by Gasteiger charge is 2.18. The molecule has 0 aliphatic carbocycles. The summed E-state index contributed by atoms with van der Waals surface area (Å²) in [6.07, 6.45) is 0.220. The minimum absolute atomic E-state index is 0.0974. The molecule has 0 spiro atoms. The molecule has 5 heteroatoms. The average Bonchev–Trinajstić information content (AvgIpc) is 2.78. The van der Waals surface area contributed by atoms with Crippen molar-refractivity contribution in [2.45, 2.75) is 19.3 Å². The van der Waals surface area contributed by atoms with Crippen molar-refractivity contribution < 1.29 is 14.3 Å². The van der Waals surface area contributed by atoms with Gasteiger partial charge in [0.05, 0.1) is 6.61 Å². The van der Waals surface area contributed by atoms with Crippen molar-refractivity contribution in [1.29, 1.82) is 0 Å². The normalized spacial score (nSPS) is 10.4. The fourth-order valence-electron chi connectivity index (χ4n) is 3.10. The molecule has 0 bridgehead atoms. The number of carbonyl (C=O) groups is 2. The molecule has 0 unspecified atom stereocenters. The highest BCUT2D eigenvalue weighted by atomic mass is 16.5. The maximum absolute atomic E-state index is 12.5. The van der Waals surface area contributed by atoms with Crippen LogP contribution in [0.15, 0.2) is 84.9 Å². The molecule has 0 aliphatic rings. The van der Waals surface area contributed by atoms with Crippen LogP contribution in [0.25, 0.3) is 0 Å². The Kier molecular flexibility index (Phi) is 7.00. The number of rotatable bonds is 7. The molecule has 0 radical (unpaired) electrons. The van der Waals surface area contributed by atoms with Crippen LogP contribution in [0.4, 0.5) is 0 Å². The number of hydrogen-bond acceptors (Lipinski definition) is 3. The Morgan fingerprint density at radius 3 is 1.86 bits per heavy atom. The van der Waals surface area contributed by atoms with Crippen LogP contribution >= 0.6 is 0 Å². The first-order chi connectivity index (χ1) is 14.2. The first-order valence-corrected chi connectivity index (χ1v) is 9.59. The summed E-state index contributed by atoms with van der Waals surface area (Å²) in [7, 11) is 0. The van der Waals surface area contributed by atoms with E-state index in [9.17, 15) is 9.59 Å². The highest BCUT2D eigenvalue weighted by molar-refractivity contribution is 5.95. The minimum Gasteiger partial charge on any atom is -0.494 e. The first-order valence-electron chi connectivity index (χ1n) is 9.59. The zero-order chi connectivity index (χ0) is 20.5. The molecule has 29 heavy (non-hydrogen) atoms. The summed E-state index contributed by atoms with van der Waals surface area (Å²) in [6.45, 7) is 2.46. The first kappa shape index (κ1) is 20.1. The van der Waals surface area contributed by atoms with Crippen molar-refractivity contribution in [3.8, 4) is 5.75 Å².